The summed E-state index contributed by atoms with van der Waals surface area (Å²) in [5, 5.41) is 1.30. The van der Waals surface area contributed by atoms with Crippen LogP contribution in [0.25, 0.3) is 0 Å². The predicted molar refractivity (Wildman–Crippen MR) is 71.1 cm³/mol. The zero-order chi connectivity index (χ0) is 11.2. The lowest BCUT2D eigenvalue weighted by molar-refractivity contribution is 0.418. The Kier molecular flexibility index (Phi) is 3.96. The maximum atomic E-state index is 5.34. The van der Waals surface area contributed by atoms with Gasteiger partial charge in [-0.2, -0.15) is 0 Å². The van der Waals surface area contributed by atoms with Gasteiger partial charge in [-0.25, -0.2) is 0 Å². The fraction of sp³-hybridized carbons (Fsp3) is 0.143. The molecule has 0 radical (unpaired) electrons. The molecule has 16 heavy (non-hydrogen) atoms. The Morgan fingerprint density at radius 1 is 0.938 bits per heavy atom. The number of hydrogen-bond acceptors (Lipinski definition) is 1. The SMILES string of the molecule is COc1ccccc1PCc1ccccc1. The van der Waals surface area contributed by atoms with Gasteiger partial charge >= 0.3 is 0 Å². The molecule has 82 valence electrons. The Balaban J connectivity index is 2.05. The van der Waals surface area contributed by atoms with E-state index in [4.69, 9.17) is 4.74 Å². The van der Waals surface area contributed by atoms with Gasteiger partial charge in [0.25, 0.3) is 0 Å². The highest BCUT2D eigenvalue weighted by molar-refractivity contribution is 7.46. The van der Waals surface area contributed by atoms with Crippen molar-refractivity contribution >= 4 is 13.9 Å². The van der Waals surface area contributed by atoms with Crippen molar-refractivity contribution in [1.29, 1.82) is 0 Å². The third-order valence-electron chi connectivity index (χ3n) is 2.43. The molecule has 0 aliphatic heterocycles. The van der Waals surface area contributed by atoms with E-state index in [9.17, 15) is 0 Å². The number of benzene rings is 2. The minimum atomic E-state index is 0.763. The Labute approximate surface area is 98.2 Å². The summed E-state index contributed by atoms with van der Waals surface area (Å²) in [6.07, 6.45) is 1.08. The summed E-state index contributed by atoms with van der Waals surface area (Å²) in [4.78, 5) is 0. The van der Waals surface area contributed by atoms with Crippen molar-refractivity contribution in [1.82, 2.24) is 0 Å². The van der Waals surface area contributed by atoms with Crippen molar-refractivity contribution in [3.63, 3.8) is 0 Å². The van der Waals surface area contributed by atoms with Crippen LogP contribution in [0.4, 0.5) is 0 Å². The van der Waals surface area contributed by atoms with Crippen LogP contribution >= 0.6 is 8.58 Å². The maximum absolute atomic E-state index is 5.34. The predicted octanol–water partition coefficient (Wildman–Crippen LogP) is 3.20. The number of ether oxygens (including phenoxy) is 1. The molecular weight excluding hydrogens is 215 g/mol. The van der Waals surface area contributed by atoms with E-state index in [0.717, 1.165) is 20.5 Å². The number of rotatable bonds is 4. The van der Waals surface area contributed by atoms with Crippen molar-refractivity contribution in [3.8, 4) is 5.75 Å². The average molecular weight is 230 g/mol. The molecular formula is C14H15OP. The minimum absolute atomic E-state index is 0.763. The first kappa shape index (κ1) is 11.2. The normalized spacial score (nSPS) is 10.8. The summed E-state index contributed by atoms with van der Waals surface area (Å²) in [7, 11) is 2.49. The molecule has 0 spiro atoms. The van der Waals surface area contributed by atoms with E-state index < -0.39 is 0 Å². The van der Waals surface area contributed by atoms with E-state index in [2.05, 4.69) is 42.5 Å². The molecule has 0 amide bonds. The van der Waals surface area contributed by atoms with Crippen LogP contribution in [0.5, 0.6) is 5.75 Å². The average Bonchev–Trinajstić information content (AvgIpc) is 2.38. The van der Waals surface area contributed by atoms with E-state index in [1.807, 2.05) is 12.1 Å². The summed E-state index contributed by atoms with van der Waals surface area (Å²) in [5.41, 5.74) is 1.38. The van der Waals surface area contributed by atoms with Crippen LogP contribution in [-0.4, -0.2) is 7.11 Å². The van der Waals surface area contributed by atoms with Crippen LogP contribution in [-0.2, 0) is 6.16 Å². The Bertz CT molecular complexity index is 439. The third kappa shape index (κ3) is 2.84. The molecule has 2 aromatic rings. The van der Waals surface area contributed by atoms with Crippen molar-refractivity contribution < 1.29 is 4.74 Å². The Morgan fingerprint density at radius 3 is 2.38 bits per heavy atom. The van der Waals surface area contributed by atoms with Gasteiger partial charge in [0.15, 0.2) is 0 Å². The zero-order valence-corrected chi connectivity index (χ0v) is 10.3. The molecule has 0 aliphatic carbocycles. The lowest BCUT2D eigenvalue weighted by Crippen LogP contribution is -2.00. The van der Waals surface area contributed by atoms with Gasteiger partial charge in [0.05, 0.1) is 7.11 Å². The molecule has 0 bridgehead atoms. The molecule has 0 aliphatic rings. The maximum Gasteiger partial charge on any atom is 0.126 e. The molecule has 1 nitrogen and oxygen atoms in total. The first-order valence-electron chi connectivity index (χ1n) is 5.31. The van der Waals surface area contributed by atoms with Crippen molar-refractivity contribution in [2.75, 3.05) is 7.11 Å². The van der Waals surface area contributed by atoms with Gasteiger partial charge < -0.3 is 4.74 Å². The standard InChI is InChI=1S/C14H15OP/c1-15-13-9-5-6-10-14(13)16-11-12-7-3-2-4-8-12/h2-10,16H,11H2,1H3. The van der Waals surface area contributed by atoms with Gasteiger partial charge in [0.2, 0.25) is 0 Å². The molecule has 2 heteroatoms. The molecule has 1 atom stereocenters. The van der Waals surface area contributed by atoms with Gasteiger partial charge in [0.1, 0.15) is 5.75 Å². The summed E-state index contributed by atoms with van der Waals surface area (Å²) in [6, 6.07) is 18.8. The second kappa shape index (κ2) is 5.67. The van der Waals surface area contributed by atoms with Crippen LogP contribution in [0.2, 0.25) is 0 Å². The van der Waals surface area contributed by atoms with Crippen molar-refractivity contribution in [2.45, 2.75) is 6.16 Å². The highest BCUT2D eigenvalue weighted by atomic mass is 31.1. The molecule has 2 rings (SSSR count). The topological polar surface area (TPSA) is 9.23 Å². The highest BCUT2D eigenvalue weighted by Gasteiger charge is 2.01. The van der Waals surface area contributed by atoms with Gasteiger partial charge in [-0.05, 0) is 17.8 Å². The van der Waals surface area contributed by atoms with Gasteiger partial charge in [0, 0.05) is 5.30 Å². The minimum Gasteiger partial charge on any atom is -0.496 e. The molecule has 0 saturated heterocycles. The van der Waals surface area contributed by atoms with E-state index in [0.29, 0.717) is 0 Å². The third-order valence-corrected chi connectivity index (χ3v) is 3.81. The van der Waals surface area contributed by atoms with Crippen molar-refractivity contribution in [2.24, 2.45) is 0 Å². The van der Waals surface area contributed by atoms with Gasteiger partial charge in [-0.1, -0.05) is 57.1 Å². The molecule has 1 unspecified atom stereocenters. The van der Waals surface area contributed by atoms with Crippen LogP contribution in [0, 0.1) is 0 Å². The first-order chi connectivity index (χ1) is 7.90. The van der Waals surface area contributed by atoms with E-state index in [1.54, 1.807) is 7.11 Å². The zero-order valence-electron chi connectivity index (χ0n) is 9.31. The lowest BCUT2D eigenvalue weighted by atomic mass is 10.2. The summed E-state index contributed by atoms with van der Waals surface area (Å²) in [6.45, 7) is 0. The number of para-hydroxylation sites is 1. The number of hydrogen-bond donors (Lipinski definition) is 0. The van der Waals surface area contributed by atoms with Crippen LogP contribution < -0.4 is 10.0 Å². The second-order valence-electron chi connectivity index (χ2n) is 3.54. The van der Waals surface area contributed by atoms with Gasteiger partial charge in [-0.15, -0.1) is 0 Å². The fourth-order valence-corrected chi connectivity index (χ4v) is 2.79. The Morgan fingerprint density at radius 2 is 1.62 bits per heavy atom. The highest BCUT2D eigenvalue weighted by Crippen LogP contribution is 2.23. The van der Waals surface area contributed by atoms with Crippen LogP contribution in [0.1, 0.15) is 5.56 Å². The van der Waals surface area contributed by atoms with E-state index in [1.165, 1.54) is 10.9 Å². The number of methoxy groups -OCH3 is 1. The van der Waals surface area contributed by atoms with Gasteiger partial charge in [-0.3, -0.25) is 0 Å². The van der Waals surface area contributed by atoms with E-state index >= 15 is 0 Å². The smallest absolute Gasteiger partial charge is 0.126 e. The molecule has 0 fully saturated rings. The van der Waals surface area contributed by atoms with E-state index in [-0.39, 0.29) is 0 Å². The second-order valence-corrected chi connectivity index (χ2v) is 4.79. The molecule has 0 N–H and O–H groups in total. The first-order valence-corrected chi connectivity index (χ1v) is 6.51. The van der Waals surface area contributed by atoms with Crippen molar-refractivity contribution in [3.05, 3.63) is 60.2 Å². The monoisotopic (exact) mass is 230 g/mol. The molecule has 0 heterocycles. The molecule has 0 aromatic heterocycles. The summed E-state index contributed by atoms with van der Waals surface area (Å²) in [5.74, 6) is 0.997. The van der Waals surface area contributed by atoms with Crippen LogP contribution in [0.3, 0.4) is 0 Å². The lowest BCUT2D eigenvalue weighted by Gasteiger charge is -2.07. The summed E-state index contributed by atoms with van der Waals surface area (Å²) < 4.78 is 5.34. The fourth-order valence-electron chi connectivity index (χ4n) is 1.58. The Hall–Kier alpha value is -1.33. The van der Waals surface area contributed by atoms with Crippen LogP contribution in [0.15, 0.2) is 54.6 Å². The largest absolute Gasteiger partial charge is 0.496 e. The molecule has 0 saturated carbocycles. The summed E-state index contributed by atoms with van der Waals surface area (Å²) >= 11 is 0. The quantitative estimate of drug-likeness (QED) is 0.733. The molecule has 2 aromatic carbocycles.